The van der Waals surface area contributed by atoms with Gasteiger partial charge in [0.15, 0.2) is 0 Å². The molecular formula is C27H27N5O. The molecule has 33 heavy (non-hydrogen) atoms. The SMILES string of the molecule is CN(C)c1ccc(/C=N/c2nc(-c3ccc(O)cc3)cc(-c3ccc(N(C)C)cc3)n2)cc1. The Balaban J connectivity index is 1.72. The Bertz CT molecular complexity index is 1250. The first-order valence-corrected chi connectivity index (χ1v) is 10.7. The van der Waals surface area contributed by atoms with E-state index >= 15 is 0 Å². The fourth-order valence-electron chi connectivity index (χ4n) is 3.34. The molecule has 166 valence electrons. The summed E-state index contributed by atoms with van der Waals surface area (Å²) in [5.41, 5.74) is 6.60. The summed E-state index contributed by atoms with van der Waals surface area (Å²) in [4.78, 5) is 18.0. The van der Waals surface area contributed by atoms with Gasteiger partial charge in [-0.3, -0.25) is 0 Å². The van der Waals surface area contributed by atoms with Crippen LogP contribution >= 0.6 is 0 Å². The summed E-state index contributed by atoms with van der Waals surface area (Å²) in [6, 6.07) is 25.3. The van der Waals surface area contributed by atoms with Crippen molar-refractivity contribution in [3.8, 4) is 28.3 Å². The van der Waals surface area contributed by atoms with Crippen LogP contribution < -0.4 is 9.80 Å². The van der Waals surface area contributed by atoms with Crippen LogP contribution in [0.4, 0.5) is 17.3 Å². The lowest BCUT2D eigenvalue weighted by Crippen LogP contribution is -2.08. The lowest BCUT2D eigenvalue weighted by atomic mass is 10.1. The number of benzene rings is 3. The van der Waals surface area contributed by atoms with Crippen LogP contribution in [-0.4, -0.2) is 49.5 Å². The summed E-state index contributed by atoms with van der Waals surface area (Å²) < 4.78 is 0. The van der Waals surface area contributed by atoms with E-state index in [2.05, 4.69) is 31.9 Å². The molecule has 0 amide bonds. The first kappa shape index (κ1) is 22.0. The van der Waals surface area contributed by atoms with Crippen molar-refractivity contribution in [2.45, 2.75) is 0 Å². The molecule has 3 aromatic carbocycles. The van der Waals surface area contributed by atoms with Crippen molar-refractivity contribution in [3.05, 3.63) is 84.4 Å². The maximum atomic E-state index is 9.66. The lowest BCUT2D eigenvalue weighted by molar-refractivity contribution is 0.475. The molecule has 0 unspecified atom stereocenters. The summed E-state index contributed by atoms with van der Waals surface area (Å²) in [6.45, 7) is 0. The summed E-state index contributed by atoms with van der Waals surface area (Å²) in [7, 11) is 8.05. The number of phenolic OH excluding ortho intramolecular Hbond substituents is 1. The molecule has 4 rings (SSSR count). The van der Waals surface area contributed by atoms with Crippen molar-refractivity contribution < 1.29 is 5.11 Å². The lowest BCUT2D eigenvalue weighted by Gasteiger charge is -2.13. The third-order valence-corrected chi connectivity index (χ3v) is 5.30. The van der Waals surface area contributed by atoms with Gasteiger partial charge in [0, 0.05) is 56.9 Å². The van der Waals surface area contributed by atoms with Gasteiger partial charge in [0.25, 0.3) is 0 Å². The van der Waals surface area contributed by atoms with Gasteiger partial charge >= 0.3 is 0 Å². The highest BCUT2D eigenvalue weighted by atomic mass is 16.3. The second-order valence-corrected chi connectivity index (χ2v) is 8.17. The minimum absolute atomic E-state index is 0.215. The number of hydrogen-bond acceptors (Lipinski definition) is 6. The number of aliphatic imine (C=N–C) groups is 1. The number of rotatable bonds is 6. The molecule has 0 radical (unpaired) electrons. The fraction of sp³-hybridized carbons (Fsp3) is 0.148. The molecule has 6 nitrogen and oxygen atoms in total. The molecule has 0 saturated heterocycles. The highest BCUT2D eigenvalue weighted by molar-refractivity contribution is 5.82. The molecule has 0 atom stereocenters. The monoisotopic (exact) mass is 437 g/mol. The van der Waals surface area contributed by atoms with Gasteiger partial charge in [-0.15, -0.1) is 0 Å². The van der Waals surface area contributed by atoms with Gasteiger partial charge in [0.05, 0.1) is 11.4 Å². The number of aromatic nitrogens is 2. The molecular weight excluding hydrogens is 410 g/mol. The third kappa shape index (κ3) is 5.36. The fourth-order valence-corrected chi connectivity index (χ4v) is 3.34. The van der Waals surface area contributed by atoms with E-state index in [1.165, 1.54) is 0 Å². The van der Waals surface area contributed by atoms with Gasteiger partial charge in [-0.1, -0.05) is 24.3 Å². The van der Waals surface area contributed by atoms with Crippen molar-refractivity contribution in [1.29, 1.82) is 0 Å². The molecule has 4 aromatic rings. The Hall–Kier alpha value is -4.19. The Morgan fingerprint density at radius 2 is 1.12 bits per heavy atom. The maximum absolute atomic E-state index is 9.66. The smallest absolute Gasteiger partial charge is 0.250 e. The predicted octanol–water partition coefficient (Wildman–Crippen LogP) is 5.40. The minimum Gasteiger partial charge on any atom is -0.508 e. The number of aromatic hydroxyl groups is 1. The molecule has 0 aliphatic heterocycles. The van der Waals surface area contributed by atoms with Gasteiger partial charge in [-0.05, 0) is 60.2 Å². The largest absolute Gasteiger partial charge is 0.508 e. The van der Waals surface area contributed by atoms with E-state index in [0.29, 0.717) is 5.95 Å². The number of phenols is 1. The van der Waals surface area contributed by atoms with Crippen LogP contribution in [0.25, 0.3) is 22.5 Å². The molecule has 0 aliphatic rings. The second-order valence-electron chi connectivity index (χ2n) is 8.17. The Kier molecular flexibility index (Phi) is 6.36. The first-order valence-electron chi connectivity index (χ1n) is 10.7. The highest BCUT2D eigenvalue weighted by Gasteiger charge is 2.09. The van der Waals surface area contributed by atoms with E-state index in [-0.39, 0.29) is 5.75 Å². The van der Waals surface area contributed by atoms with Crippen LogP contribution in [0.5, 0.6) is 5.75 Å². The Labute approximate surface area is 194 Å². The summed E-state index contributed by atoms with van der Waals surface area (Å²) >= 11 is 0. The van der Waals surface area contributed by atoms with E-state index in [0.717, 1.165) is 39.5 Å². The standard InChI is InChI=1S/C27H27N5O/c1-31(2)22-11-5-19(6-12-22)18-28-27-29-25(20-7-13-23(14-8-20)32(3)4)17-26(30-27)21-9-15-24(33)16-10-21/h5-18,33H,1-4H3/b28-18+. The molecule has 1 N–H and O–H groups in total. The van der Waals surface area contributed by atoms with Gasteiger partial charge in [0.2, 0.25) is 5.95 Å². The van der Waals surface area contributed by atoms with Gasteiger partial charge in [-0.25, -0.2) is 15.0 Å². The number of anilines is 2. The van der Waals surface area contributed by atoms with Gasteiger partial charge in [0.1, 0.15) is 5.75 Å². The average molecular weight is 438 g/mol. The molecule has 0 spiro atoms. The minimum atomic E-state index is 0.215. The van der Waals surface area contributed by atoms with Crippen LogP contribution in [0.15, 0.2) is 83.9 Å². The van der Waals surface area contributed by atoms with Crippen LogP contribution in [0, 0.1) is 0 Å². The predicted molar refractivity (Wildman–Crippen MR) is 137 cm³/mol. The highest BCUT2D eigenvalue weighted by Crippen LogP contribution is 2.28. The van der Waals surface area contributed by atoms with Gasteiger partial charge in [-0.2, -0.15) is 0 Å². The third-order valence-electron chi connectivity index (χ3n) is 5.30. The quantitative estimate of drug-likeness (QED) is 0.409. The summed E-state index contributed by atoms with van der Waals surface area (Å²) in [5.74, 6) is 0.593. The topological polar surface area (TPSA) is 64.8 Å². The van der Waals surface area contributed by atoms with Crippen molar-refractivity contribution in [3.63, 3.8) is 0 Å². The van der Waals surface area contributed by atoms with E-state index in [4.69, 9.17) is 4.98 Å². The van der Waals surface area contributed by atoms with E-state index in [1.54, 1.807) is 18.3 Å². The Morgan fingerprint density at radius 3 is 1.61 bits per heavy atom. The van der Waals surface area contributed by atoms with Gasteiger partial charge < -0.3 is 14.9 Å². The zero-order valence-corrected chi connectivity index (χ0v) is 19.3. The van der Waals surface area contributed by atoms with Crippen molar-refractivity contribution in [1.82, 2.24) is 9.97 Å². The zero-order valence-electron chi connectivity index (χ0n) is 19.3. The molecule has 0 saturated carbocycles. The Morgan fingerprint density at radius 1 is 0.667 bits per heavy atom. The average Bonchev–Trinajstić information content (AvgIpc) is 2.83. The molecule has 0 aliphatic carbocycles. The second kappa shape index (κ2) is 9.53. The maximum Gasteiger partial charge on any atom is 0.250 e. The molecule has 0 fully saturated rings. The van der Waals surface area contributed by atoms with Crippen LogP contribution in [-0.2, 0) is 0 Å². The first-order chi connectivity index (χ1) is 15.9. The van der Waals surface area contributed by atoms with E-state index in [9.17, 15) is 5.11 Å². The van der Waals surface area contributed by atoms with Crippen molar-refractivity contribution in [2.75, 3.05) is 38.0 Å². The summed E-state index contributed by atoms with van der Waals surface area (Å²) in [5, 5.41) is 9.66. The van der Waals surface area contributed by atoms with E-state index < -0.39 is 0 Å². The number of hydrogen-bond donors (Lipinski definition) is 1. The molecule has 6 heteroatoms. The van der Waals surface area contributed by atoms with Crippen LogP contribution in [0.2, 0.25) is 0 Å². The molecule has 1 heterocycles. The van der Waals surface area contributed by atoms with Crippen molar-refractivity contribution in [2.24, 2.45) is 4.99 Å². The molecule has 1 aromatic heterocycles. The van der Waals surface area contributed by atoms with E-state index in [1.807, 2.05) is 82.8 Å². The number of nitrogens with zero attached hydrogens (tertiary/aromatic N) is 5. The van der Waals surface area contributed by atoms with Crippen molar-refractivity contribution >= 4 is 23.5 Å². The van der Waals surface area contributed by atoms with Crippen LogP contribution in [0.3, 0.4) is 0 Å². The van der Waals surface area contributed by atoms with Crippen LogP contribution in [0.1, 0.15) is 5.56 Å². The summed E-state index contributed by atoms with van der Waals surface area (Å²) in [6.07, 6.45) is 1.77. The zero-order chi connectivity index (χ0) is 23.4. The molecule has 0 bridgehead atoms. The normalized spacial score (nSPS) is 11.0.